The van der Waals surface area contributed by atoms with Gasteiger partial charge < -0.3 is 4.79 Å². The Morgan fingerprint density at radius 3 is 2.23 bits per heavy atom. The van der Waals surface area contributed by atoms with Crippen molar-refractivity contribution < 1.29 is 4.79 Å². The maximum absolute atomic E-state index is 11.6. The second-order valence-electron chi connectivity index (χ2n) is 12.6. The van der Waals surface area contributed by atoms with Gasteiger partial charge in [0.05, 0.1) is 0 Å². The molecule has 0 spiro atoms. The second kappa shape index (κ2) is 8.90. The third kappa shape index (κ3) is 3.73. The molecule has 0 bridgehead atoms. The molecule has 1 heteroatoms. The van der Waals surface area contributed by atoms with Crippen LogP contribution in [0.15, 0.2) is 0 Å². The van der Waals surface area contributed by atoms with Crippen LogP contribution < -0.4 is 0 Å². The highest BCUT2D eigenvalue weighted by Crippen LogP contribution is 2.73. The monoisotopic (exact) mass is 416 g/mol. The van der Waals surface area contributed by atoms with E-state index in [1.165, 1.54) is 57.8 Å². The van der Waals surface area contributed by atoms with Crippen LogP contribution in [0.5, 0.6) is 0 Å². The summed E-state index contributed by atoms with van der Waals surface area (Å²) >= 11 is 0. The number of hydrogen-bond donors (Lipinski definition) is 0. The van der Waals surface area contributed by atoms with Crippen molar-refractivity contribution in [2.24, 2.45) is 51.8 Å². The second-order valence-corrected chi connectivity index (χ2v) is 12.6. The van der Waals surface area contributed by atoms with Crippen LogP contribution in [0.1, 0.15) is 126 Å². The van der Waals surface area contributed by atoms with Gasteiger partial charge >= 0.3 is 0 Å². The Morgan fingerprint density at radius 2 is 1.57 bits per heavy atom. The summed E-state index contributed by atoms with van der Waals surface area (Å²) < 4.78 is 0. The van der Waals surface area contributed by atoms with Gasteiger partial charge in [0.2, 0.25) is 0 Å². The topological polar surface area (TPSA) is 17.1 Å². The van der Waals surface area contributed by atoms with E-state index in [1.54, 1.807) is 6.92 Å². The van der Waals surface area contributed by atoms with Gasteiger partial charge in [-0.3, -0.25) is 0 Å². The highest BCUT2D eigenvalue weighted by molar-refractivity contribution is 5.75. The molecule has 9 atom stereocenters. The molecule has 0 N–H and O–H groups in total. The maximum atomic E-state index is 11.6. The van der Waals surface area contributed by atoms with Gasteiger partial charge in [-0.25, -0.2) is 0 Å². The van der Waals surface area contributed by atoms with Gasteiger partial charge in [0, 0.05) is 6.42 Å². The van der Waals surface area contributed by atoms with E-state index in [4.69, 9.17) is 0 Å². The summed E-state index contributed by atoms with van der Waals surface area (Å²) in [6.45, 7) is 18.8. The number of fused-ring (bicyclic) bond motifs is 5. The molecule has 4 aliphatic carbocycles. The number of ketones is 1. The van der Waals surface area contributed by atoms with Gasteiger partial charge in [-0.05, 0) is 116 Å². The lowest BCUT2D eigenvalue weighted by Gasteiger charge is -2.65. The zero-order valence-electron chi connectivity index (χ0n) is 21.7. The van der Waals surface area contributed by atoms with E-state index in [0.717, 1.165) is 42.4 Å². The Kier molecular flexibility index (Phi) is 7.21. The Labute approximate surface area is 188 Å². The molecule has 174 valence electrons. The van der Waals surface area contributed by atoms with Crippen LogP contribution in [0.3, 0.4) is 0 Å². The first-order chi connectivity index (χ1) is 14.1. The molecule has 0 radical (unpaired) electrons. The van der Waals surface area contributed by atoms with Crippen molar-refractivity contribution in [2.45, 2.75) is 126 Å². The zero-order valence-corrected chi connectivity index (χ0v) is 21.7. The SMILES string of the molecule is CC.CC(=O)CCC(C)C1CCC2(C)C3CCC4CC(C)CCC4(C)C3CCC12C. The number of hydrogen-bond acceptors (Lipinski definition) is 1. The molecule has 0 saturated heterocycles. The van der Waals surface area contributed by atoms with E-state index in [2.05, 4.69) is 34.6 Å². The molecule has 4 fully saturated rings. The minimum Gasteiger partial charge on any atom is -0.300 e. The maximum Gasteiger partial charge on any atom is 0.129 e. The fraction of sp³-hybridized carbons (Fsp3) is 0.966. The average molecular weight is 417 g/mol. The average Bonchev–Trinajstić information content (AvgIpc) is 2.99. The molecule has 1 nitrogen and oxygen atoms in total. The van der Waals surface area contributed by atoms with Gasteiger partial charge in [0.1, 0.15) is 5.78 Å². The molecule has 0 aliphatic heterocycles. The molecule has 9 unspecified atom stereocenters. The third-order valence-electron chi connectivity index (χ3n) is 11.5. The summed E-state index contributed by atoms with van der Waals surface area (Å²) in [4.78, 5) is 11.6. The van der Waals surface area contributed by atoms with Crippen molar-refractivity contribution in [1.82, 2.24) is 0 Å². The first kappa shape index (κ1) is 24.3. The highest BCUT2D eigenvalue weighted by atomic mass is 16.1. The fourth-order valence-corrected chi connectivity index (χ4v) is 9.47. The normalized spacial score (nSPS) is 48.5. The van der Waals surface area contributed by atoms with Crippen molar-refractivity contribution in [3.63, 3.8) is 0 Å². The smallest absolute Gasteiger partial charge is 0.129 e. The standard InChI is InChI=1S/C27H46O.C2H6/c1-18-11-14-25(4)21(17-18)9-10-24-23(25)13-16-26(5)22(12-15-27(24,26)6)19(2)7-8-20(3)28;1-2/h18-19,21-24H,7-17H2,1-6H3;1-2H3. The van der Waals surface area contributed by atoms with Crippen molar-refractivity contribution in [3.05, 3.63) is 0 Å². The Morgan fingerprint density at radius 1 is 0.900 bits per heavy atom. The number of Topliss-reactive ketones (excluding diaryl/α,β-unsaturated/α-hetero) is 1. The van der Waals surface area contributed by atoms with Crippen LogP contribution >= 0.6 is 0 Å². The van der Waals surface area contributed by atoms with Crippen LogP contribution in [0, 0.1) is 51.8 Å². The summed E-state index contributed by atoms with van der Waals surface area (Å²) in [5.74, 6) is 5.78. The first-order valence-corrected chi connectivity index (χ1v) is 13.6. The lowest BCUT2D eigenvalue weighted by Crippen LogP contribution is -2.57. The van der Waals surface area contributed by atoms with Crippen molar-refractivity contribution in [2.75, 3.05) is 0 Å². The largest absolute Gasteiger partial charge is 0.300 e. The van der Waals surface area contributed by atoms with Crippen molar-refractivity contribution in [3.8, 4) is 0 Å². The molecule has 4 rings (SSSR count). The van der Waals surface area contributed by atoms with Crippen molar-refractivity contribution >= 4 is 5.78 Å². The predicted molar refractivity (Wildman–Crippen MR) is 129 cm³/mol. The van der Waals surface area contributed by atoms with Crippen molar-refractivity contribution in [1.29, 1.82) is 0 Å². The van der Waals surface area contributed by atoms with E-state index in [-0.39, 0.29) is 0 Å². The summed E-state index contributed by atoms with van der Waals surface area (Å²) in [5, 5.41) is 0. The minimum atomic E-state index is 0.374. The Balaban J connectivity index is 0.00000124. The molecule has 0 amide bonds. The van der Waals surface area contributed by atoms with Crippen LogP contribution in [0.2, 0.25) is 0 Å². The molecule has 0 heterocycles. The molecule has 4 aliphatic rings. The third-order valence-corrected chi connectivity index (χ3v) is 11.5. The van der Waals surface area contributed by atoms with Crippen LogP contribution in [0.4, 0.5) is 0 Å². The van der Waals surface area contributed by atoms with Gasteiger partial charge in [-0.1, -0.05) is 54.9 Å². The molecular weight excluding hydrogens is 364 g/mol. The van der Waals surface area contributed by atoms with Crippen LogP contribution in [-0.4, -0.2) is 5.78 Å². The zero-order chi connectivity index (χ0) is 22.3. The Hall–Kier alpha value is -0.330. The summed E-state index contributed by atoms with van der Waals surface area (Å²) in [7, 11) is 0. The van der Waals surface area contributed by atoms with Gasteiger partial charge in [-0.15, -0.1) is 0 Å². The minimum absolute atomic E-state index is 0.374. The van der Waals surface area contributed by atoms with E-state index in [0.29, 0.717) is 27.9 Å². The predicted octanol–water partition coefficient (Wildman–Crippen LogP) is 8.70. The van der Waals surface area contributed by atoms with E-state index in [1.807, 2.05) is 13.8 Å². The molecule has 30 heavy (non-hydrogen) atoms. The lowest BCUT2D eigenvalue weighted by molar-refractivity contribution is -0.160. The van der Waals surface area contributed by atoms with E-state index < -0.39 is 0 Å². The van der Waals surface area contributed by atoms with Gasteiger partial charge in [-0.2, -0.15) is 0 Å². The summed E-state index contributed by atoms with van der Waals surface area (Å²) in [6.07, 6.45) is 15.1. The van der Waals surface area contributed by atoms with E-state index in [9.17, 15) is 4.79 Å². The molecule has 0 aromatic carbocycles. The van der Waals surface area contributed by atoms with E-state index >= 15 is 0 Å². The van der Waals surface area contributed by atoms with Gasteiger partial charge in [0.25, 0.3) is 0 Å². The van der Waals surface area contributed by atoms with Crippen LogP contribution in [0.25, 0.3) is 0 Å². The lowest BCUT2D eigenvalue weighted by atomic mass is 9.40. The summed E-state index contributed by atoms with van der Waals surface area (Å²) in [6, 6.07) is 0. The number of carbonyl (C=O) groups excluding carboxylic acids is 1. The number of carbonyl (C=O) groups is 1. The van der Waals surface area contributed by atoms with Gasteiger partial charge in [0.15, 0.2) is 0 Å². The first-order valence-electron chi connectivity index (χ1n) is 13.6. The Bertz CT molecular complexity index is 609. The molecule has 0 aromatic heterocycles. The number of rotatable bonds is 4. The molecule has 4 saturated carbocycles. The quantitative estimate of drug-likeness (QED) is 0.448. The highest BCUT2D eigenvalue weighted by Gasteiger charge is 2.65. The summed E-state index contributed by atoms with van der Waals surface area (Å²) in [5.41, 5.74) is 1.65. The fourth-order valence-electron chi connectivity index (χ4n) is 9.47. The molecule has 0 aromatic rings. The van der Waals surface area contributed by atoms with Crippen LogP contribution in [-0.2, 0) is 4.79 Å². The molecular formula is C29H52O.